The van der Waals surface area contributed by atoms with Crippen LogP contribution in [0.15, 0.2) is 60.7 Å². The quantitative estimate of drug-likeness (QED) is 0.452. The van der Waals surface area contributed by atoms with E-state index in [0.717, 1.165) is 47.7 Å². The highest BCUT2D eigenvalue weighted by Gasteiger charge is 2.32. The van der Waals surface area contributed by atoms with Crippen LogP contribution in [0.4, 0.5) is 0 Å². The number of aromatic nitrogens is 2. The predicted octanol–water partition coefficient (Wildman–Crippen LogP) is 5.39. The molecule has 0 radical (unpaired) electrons. The molecule has 3 aromatic rings. The second kappa shape index (κ2) is 10.1. The average Bonchev–Trinajstić information content (AvgIpc) is 3.60. The van der Waals surface area contributed by atoms with Gasteiger partial charge in [-0.05, 0) is 31.4 Å². The number of ether oxygens (including phenoxy) is 1. The molecular formula is C26H33N3O2. The van der Waals surface area contributed by atoms with Crippen LogP contribution < -0.4 is 4.74 Å². The number of aliphatic hydroxyl groups is 1. The van der Waals surface area contributed by atoms with Crippen LogP contribution in [0.3, 0.4) is 0 Å². The third kappa shape index (κ3) is 5.54. The second-order valence-electron chi connectivity index (χ2n) is 8.49. The van der Waals surface area contributed by atoms with Crippen molar-refractivity contribution in [2.24, 2.45) is 7.05 Å². The zero-order valence-corrected chi connectivity index (χ0v) is 18.6. The van der Waals surface area contributed by atoms with Crippen LogP contribution in [0.2, 0.25) is 0 Å². The van der Waals surface area contributed by atoms with Crippen molar-refractivity contribution in [1.82, 2.24) is 14.7 Å². The zero-order chi connectivity index (χ0) is 21.6. The van der Waals surface area contributed by atoms with E-state index in [1.165, 1.54) is 12.8 Å². The molecule has 0 saturated heterocycles. The van der Waals surface area contributed by atoms with Gasteiger partial charge in [0.25, 0.3) is 0 Å². The van der Waals surface area contributed by atoms with E-state index < -0.39 is 0 Å². The second-order valence-corrected chi connectivity index (χ2v) is 8.49. The smallest absolute Gasteiger partial charge is 0.222 e. The molecule has 1 N–H and O–H groups in total. The highest BCUT2D eigenvalue weighted by atomic mass is 16.5. The summed E-state index contributed by atoms with van der Waals surface area (Å²) in [5.74, 6) is 1.56. The molecule has 0 unspecified atom stereocenters. The number of benzene rings is 2. The Balaban J connectivity index is 1.66. The molecule has 4 rings (SSSR count). The Labute approximate surface area is 185 Å². The third-order valence-electron chi connectivity index (χ3n) is 5.85. The van der Waals surface area contributed by atoms with Gasteiger partial charge in [0, 0.05) is 31.7 Å². The van der Waals surface area contributed by atoms with Gasteiger partial charge in [-0.2, -0.15) is 5.10 Å². The number of hydrogen-bond donors (Lipinski definition) is 1. The van der Waals surface area contributed by atoms with Crippen molar-refractivity contribution < 1.29 is 9.84 Å². The van der Waals surface area contributed by atoms with Crippen molar-refractivity contribution in [1.29, 1.82) is 0 Å². The van der Waals surface area contributed by atoms with Gasteiger partial charge >= 0.3 is 0 Å². The zero-order valence-electron chi connectivity index (χ0n) is 18.6. The molecule has 1 aliphatic carbocycles. The van der Waals surface area contributed by atoms with Crippen LogP contribution in [-0.4, -0.2) is 38.5 Å². The highest BCUT2D eigenvalue weighted by Crippen LogP contribution is 2.37. The van der Waals surface area contributed by atoms with Gasteiger partial charge in [-0.3, -0.25) is 4.90 Å². The van der Waals surface area contributed by atoms with Crippen molar-refractivity contribution in [2.75, 3.05) is 6.54 Å². The normalized spacial score (nSPS) is 14.7. The van der Waals surface area contributed by atoms with E-state index in [1.807, 2.05) is 60.3 Å². The maximum Gasteiger partial charge on any atom is 0.222 e. The summed E-state index contributed by atoms with van der Waals surface area (Å²) in [4.78, 5) is 2.42. The fourth-order valence-electron chi connectivity index (χ4n) is 4.04. The van der Waals surface area contributed by atoms with Crippen LogP contribution in [0.25, 0.3) is 11.3 Å². The Kier molecular flexibility index (Phi) is 7.05. The molecule has 1 saturated carbocycles. The van der Waals surface area contributed by atoms with Gasteiger partial charge in [-0.1, -0.05) is 68.3 Å². The van der Waals surface area contributed by atoms with Crippen molar-refractivity contribution in [3.05, 3.63) is 66.2 Å². The minimum atomic E-state index is -0.295. The Hall–Kier alpha value is -2.63. The first kappa shape index (κ1) is 21.6. The lowest BCUT2D eigenvalue weighted by Gasteiger charge is -2.25. The van der Waals surface area contributed by atoms with Crippen molar-refractivity contribution in [2.45, 2.75) is 57.7 Å². The Morgan fingerprint density at radius 3 is 2.42 bits per heavy atom. The van der Waals surface area contributed by atoms with Gasteiger partial charge in [0.15, 0.2) is 0 Å². The number of hydrogen-bond acceptors (Lipinski definition) is 4. The number of para-hydroxylation sites is 1. The summed E-state index contributed by atoms with van der Waals surface area (Å²) >= 11 is 0. The van der Waals surface area contributed by atoms with Crippen LogP contribution in [0, 0.1) is 0 Å². The maximum atomic E-state index is 10.6. The number of rotatable bonds is 11. The lowest BCUT2D eigenvalue weighted by Crippen LogP contribution is -2.34. The molecule has 2 aromatic carbocycles. The summed E-state index contributed by atoms with van der Waals surface area (Å²) in [6, 6.07) is 20.7. The molecule has 31 heavy (non-hydrogen) atoms. The van der Waals surface area contributed by atoms with E-state index in [2.05, 4.69) is 24.0 Å². The molecule has 0 spiro atoms. The number of aryl methyl sites for hydroxylation is 1. The molecule has 0 aliphatic heterocycles. The summed E-state index contributed by atoms with van der Waals surface area (Å²) in [7, 11) is 1.94. The first-order valence-corrected chi connectivity index (χ1v) is 11.4. The molecule has 1 fully saturated rings. The van der Waals surface area contributed by atoms with Crippen molar-refractivity contribution >= 4 is 0 Å². The minimum Gasteiger partial charge on any atom is -0.439 e. The van der Waals surface area contributed by atoms with E-state index in [1.54, 1.807) is 0 Å². The van der Waals surface area contributed by atoms with E-state index >= 15 is 0 Å². The lowest BCUT2D eigenvalue weighted by atomic mass is 10.1. The van der Waals surface area contributed by atoms with E-state index in [4.69, 9.17) is 9.84 Å². The summed E-state index contributed by atoms with van der Waals surface area (Å²) in [5, 5.41) is 15.4. The summed E-state index contributed by atoms with van der Waals surface area (Å²) < 4.78 is 8.16. The molecular weight excluding hydrogens is 386 g/mol. The molecule has 0 bridgehead atoms. The monoisotopic (exact) mass is 419 g/mol. The van der Waals surface area contributed by atoms with Crippen LogP contribution >= 0.6 is 0 Å². The maximum absolute atomic E-state index is 10.6. The van der Waals surface area contributed by atoms with Crippen LogP contribution in [0.5, 0.6) is 11.6 Å². The van der Waals surface area contributed by atoms with Crippen LogP contribution in [-0.2, 0) is 13.6 Å². The van der Waals surface area contributed by atoms with Gasteiger partial charge in [0.05, 0.1) is 11.7 Å². The number of nitrogens with zero attached hydrogens (tertiary/aromatic N) is 3. The number of unbranched alkanes of at least 4 members (excludes halogenated alkanes) is 1. The topological polar surface area (TPSA) is 50.5 Å². The fraction of sp³-hybridized carbons (Fsp3) is 0.423. The molecule has 1 aromatic heterocycles. The van der Waals surface area contributed by atoms with Gasteiger partial charge in [-0.25, -0.2) is 4.68 Å². The molecule has 5 nitrogen and oxygen atoms in total. The SMILES string of the molecule is CCCC[C@H](O)CN(Cc1c(-c2ccccc2)nn(C)c1Oc1ccccc1)C1CC1. The van der Waals surface area contributed by atoms with Crippen molar-refractivity contribution in [3.8, 4) is 22.9 Å². The fourth-order valence-corrected chi connectivity index (χ4v) is 4.04. The predicted molar refractivity (Wildman–Crippen MR) is 124 cm³/mol. The Morgan fingerprint density at radius 2 is 1.77 bits per heavy atom. The van der Waals surface area contributed by atoms with E-state index in [9.17, 15) is 5.11 Å². The molecule has 164 valence electrons. The van der Waals surface area contributed by atoms with Crippen LogP contribution in [0.1, 0.15) is 44.6 Å². The van der Waals surface area contributed by atoms with Gasteiger partial charge in [0.1, 0.15) is 11.4 Å². The van der Waals surface area contributed by atoms with E-state index in [-0.39, 0.29) is 6.10 Å². The summed E-state index contributed by atoms with van der Waals surface area (Å²) in [6.45, 7) is 3.58. The average molecular weight is 420 g/mol. The van der Waals surface area contributed by atoms with Gasteiger partial charge in [-0.15, -0.1) is 0 Å². The minimum absolute atomic E-state index is 0.295. The van der Waals surface area contributed by atoms with Gasteiger partial charge < -0.3 is 9.84 Å². The van der Waals surface area contributed by atoms with Gasteiger partial charge in [0.2, 0.25) is 5.88 Å². The lowest BCUT2D eigenvalue weighted by molar-refractivity contribution is 0.0951. The first-order valence-electron chi connectivity index (χ1n) is 11.4. The molecule has 0 amide bonds. The summed E-state index contributed by atoms with van der Waals surface area (Å²) in [5.41, 5.74) is 3.10. The van der Waals surface area contributed by atoms with Crippen molar-refractivity contribution in [3.63, 3.8) is 0 Å². The standard InChI is InChI=1S/C26H33N3O2/c1-3-4-13-22(30)18-29(21-16-17-21)19-24-25(20-11-7-5-8-12-20)27-28(2)26(24)31-23-14-9-6-10-15-23/h5-12,14-15,21-22,30H,3-4,13,16-19H2,1-2H3/t22-/m0/s1. The molecule has 1 atom stereocenters. The highest BCUT2D eigenvalue weighted by molar-refractivity contribution is 5.65. The number of aliphatic hydroxyl groups excluding tert-OH is 1. The Morgan fingerprint density at radius 1 is 1.10 bits per heavy atom. The third-order valence-corrected chi connectivity index (χ3v) is 5.85. The summed E-state index contributed by atoms with van der Waals surface area (Å²) in [6.07, 6.45) is 5.11. The molecule has 1 aliphatic rings. The molecule has 1 heterocycles. The largest absolute Gasteiger partial charge is 0.439 e. The van der Waals surface area contributed by atoms with E-state index in [0.29, 0.717) is 19.1 Å². The first-order chi connectivity index (χ1) is 15.2. The molecule has 5 heteroatoms. The Bertz CT molecular complexity index is 952.